The summed E-state index contributed by atoms with van der Waals surface area (Å²) in [6.45, 7) is 13.0. The molecule has 0 aromatic heterocycles. The second-order valence-electron chi connectivity index (χ2n) is 14.2. The first-order chi connectivity index (χ1) is 19.0. The van der Waals surface area contributed by atoms with Crippen LogP contribution in [0.4, 0.5) is 0 Å². The average Bonchev–Trinajstić information content (AvgIpc) is 3.44. The number of ether oxygens (including phenoxy) is 5. The molecule has 2 spiro atoms. The van der Waals surface area contributed by atoms with Crippen LogP contribution in [0.1, 0.15) is 86.5 Å². The molecule has 0 radical (unpaired) electrons. The number of aliphatic hydroxyl groups is 1. The highest BCUT2D eigenvalue weighted by Crippen LogP contribution is 2.76. The summed E-state index contributed by atoms with van der Waals surface area (Å²) in [6, 6.07) is 0. The third-order valence-electron chi connectivity index (χ3n) is 13.1. The fourth-order valence-electron chi connectivity index (χ4n) is 11.1. The zero-order valence-electron chi connectivity index (χ0n) is 24.9. The van der Waals surface area contributed by atoms with Crippen molar-refractivity contribution >= 4 is 11.8 Å². The zero-order chi connectivity index (χ0) is 28.4. The van der Waals surface area contributed by atoms with Crippen LogP contribution in [0.15, 0.2) is 11.1 Å². The fraction of sp³-hybridized carbons (Fsp3) is 0.875. The summed E-state index contributed by atoms with van der Waals surface area (Å²) in [6.07, 6.45) is 3.42. The Hall–Kier alpha value is -1.32. The van der Waals surface area contributed by atoms with Crippen molar-refractivity contribution in [1.29, 1.82) is 0 Å². The smallest absolute Gasteiger partial charge is 0.334 e. The Bertz CT molecular complexity index is 1150. The van der Waals surface area contributed by atoms with Crippen LogP contribution in [0.2, 0.25) is 0 Å². The average molecular weight is 559 g/mol. The standard InChI is InChI=1S/C32H46O8/c1-7-36-21-15-23(33)29(5)19-11-12-31-20(18(19)14-25-32(29,39-25)26(21)34)9-10-22(31)30(6,40-28(31)37-8-2)24-13-16(3)17(4)27(35)38-24/h18-22,24-26,28,34H,7-15H2,1-6H3. The van der Waals surface area contributed by atoms with Crippen molar-refractivity contribution in [2.45, 2.75) is 128 Å². The van der Waals surface area contributed by atoms with E-state index in [1.807, 2.05) is 27.7 Å². The molecule has 6 fully saturated rings. The number of ketones is 1. The molecule has 8 heteroatoms. The molecule has 3 heterocycles. The topological polar surface area (TPSA) is 104 Å². The van der Waals surface area contributed by atoms with E-state index in [1.54, 1.807) is 0 Å². The number of hydrogen-bond donors (Lipinski definition) is 1. The van der Waals surface area contributed by atoms with Gasteiger partial charge in [-0.1, -0.05) is 5.57 Å². The second-order valence-corrected chi connectivity index (χ2v) is 14.2. The maximum absolute atomic E-state index is 14.0. The molecule has 222 valence electrons. The quantitative estimate of drug-likeness (QED) is 0.397. The first kappa shape index (κ1) is 27.5. The highest BCUT2D eigenvalue weighted by atomic mass is 16.7. The van der Waals surface area contributed by atoms with Gasteiger partial charge in [0.1, 0.15) is 29.2 Å². The van der Waals surface area contributed by atoms with Crippen molar-refractivity contribution in [2.75, 3.05) is 13.2 Å². The minimum absolute atomic E-state index is 0.135. The number of carbonyl (C=O) groups excluding carboxylic acids is 2. The number of rotatable bonds is 5. The molecule has 0 amide bonds. The van der Waals surface area contributed by atoms with Crippen molar-refractivity contribution in [1.82, 2.24) is 0 Å². The molecular weight excluding hydrogens is 512 g/mol. The predicted octanol–water partition coefficient (Wildman–Crippen LogP) is 4.12. The molecule has 7 aliphatic rings. The lowest BCUT2D eigenvalue weighted by atomic mass is 9.43. The maximum atomic E-state index is 14.0. The van der Waals surface area contributed by atoms with Crippen LogP contribution in [0, 0.1) is 34.5 Å². The summed E-state index contributed by atoms with van der Waals surface area (Å²) >= 11 is 0. The van der Waals surface area contributed by atoms with Gasteiger partial charge in [-0.25, -0.2) is 4.79 Å². The Morgan fingerprint density at radius 2 is 1.70 bits per heavy atom. The highest BCUT2D eigenvalue weighted by molar-refractivity contribution is 5.90. The molecule has 3 aliphatic heterocycles. The number of cyclic esters (lactones) is 1. The van der Waals surface area contributed by atoms with Gasteiger partial charge in [-0.15, -0.1) is 0 Å². The van der Waals surface area contributed by atoms with E-state index in [2.05, 4.69) is 13.8 Å². The lowest BCUT2D eigenvalue weighted by molar-refractivity contribution is -0.238. The van der Waals surface area contributed by atoms with E-state index in [-0.39, 0.29) is 59.8 Å². The van der Waals surface area contributed by atoms with E-state index in [0.717, 1.165) is 37.7 Å². The van der Waals surface area contributed by atoms with Crippen LogP contribution in [0.5, 0.6) is 0 Å². The monoisotopic (exact) mass is 558 g/mol. The molecule has 13 unspecified atom stereocenters. The first-order valence-corrected chi connectivity index (χ1v) is 15.7. The molecule has 8 nitrogen and oxygen atoms in total. The first-order valence-electron chi connectivity index (χ1n) is 15.7. The van der Waals surface area contributed by atoms with E-state index in [0.29, 0.717) is 31.1 Å². The largest absolute Gasteiger partial charge is 0.456 e. The van der Waals surface area contributed by atoms with Gasteiger partial charge in [-0.05, 0) is 91.4 Å². The molecule has 40 heavy (non-hydrogen) atoms. The Morgan fingerprint density at radius 1 is 0.950 bits per heavy atom. The van der Waals surface area contributed by atoms with Crippen LogP contribution in [-0.2, 0) is 33.3 Å². The Balaban J connectivity index is 1.24. The van der Waals surface area contributed by atoms with Gasteiger partial charge in [0.25, 0.3) is 0 Å². The molecule has 0 aromatic rings. The van der Waals surface area contributed by atoms with Crippen molar-refractivity contribution in [3.8, 4) is 0 Å². The second kappa shape index (κ2) is 8.85. The number of fused-ring (bicyclic) bond motifs is 3. The SMILES string of the molecule is CCOC1CC(=O)C2(C)C3CCC45C(OCC)OC(C)(C6CC(C)=C(C)C(=O)O6)C4CCC5C3CC3OC32C1O. The fourth-order valence-corrected chi connectivity index (χ4v) is 11.1. The van der Waals surface area contributed by atoms with Crippen molar-refractivity contribution in [3.05, 3.63) is 11.1 Å². The molecule has 4 aliphatic carbocycles. The summed E-state index contributed by atoms with van der Waals surface area (Å²) in [4.78, 5) is 26.7. The van der Waals surface area contributed by atoms with Crippen LogP contribution < -0.4 is 0 Å². The van der Waals surface area contributed by atoms with Gasteiger partial charge in [-0.3, -0.25) is 4.79 Å². The lowest BCUT2D eigenvalue weighted by Gasteiger charge is -2.59. The van der Waals surface area contributed by atoms with E-state index in [9.17, 15) is 14.7 Å². The highest BCUT2D eigenvalue weighted by Gasteiger charge is 2.84. The number of carbonyl (C=O) groups is 2. The van der Waals surface area contributed by atoms with Gasteiger partial charge in [0.15, 0.2) is 6.29 Å². The van der Waals surface area contributed by atoms with Gasteiger partial charge in [0.05, 0.1) is 17.6 Å². The Morgan fingerprint density at radius 3 is 2.40 bits per heavy atom. The number of hydrogen-bond acceptors (Lipinski definition) is 8. The molecule has 4 saturated carbocycles. The minimum Gasteiger partial charge on any atom is -0.456 e. The Labute approximate surface area is 237 Å². The van der Waals surface area contributed by atoms with E-state index in [4.69, 9.17) is 23.7 Å². The van der Waals surface area contributed by atoms with Crippen molar-refractivity contribution in [2.24, 2.45) is 34.5 Å². The van der Waals surface area contributed by atoms with Gasteiger partial charge in [-0.2, -0.15) is 0 Å². The van der Waals surface area contributed by atoms with Crippen LogP contribution in [0.25, 0.3) is 0 Å². The van der Waals surface area contributed by atoms with Crippen molar-refractivity contribution in [3.63, 3.8) is 0 Å². The Kier molecular flexibility index (Phi) is 6.09. The zero-order valence-corrected chi connectivity index (χ0v) is 24.9. The summed E-state index contributed by atoms with van der Waals surface area (Å²) in [5, 5.41) is 11.5. The van der Waals surface area contributed by atoms with E-state index >= 15 is 0 Å². The molecule has 1 N–H and O–H groups in total. The normalized spacial score (nSPS) is 54.7. The molecule has 0 aromatic carbocycles. The lowest BCUT2D eigenvalue weighted by Crippen LogP contribution is -2.68. The van der Waals surface area contributed by atoms with Gasteiger partial charge < -0.3 is 28.8 Å². The summed E-state index contributed by atoms with van der Waals surface area (Å²) in [5.74, 6) is 0.880. The third-order valence-corrected chi connectivity index (χ3v) is 13.1. The summed E-state index contributed by atoms with van der Waals surface area (Å²) in [5.41, 5.74) is -0.621. The van der Waals surface area contributed by atoms with Gasteiger partial charge in [0, 0.05) is 43.0 Å². The number of esters is 1. The minimum atomic E-state index is -0.829. The number of aliphatic hydroxyl groups excluding tert-OH is 1. The maximum Gasteiger partial charge on any atom is 0.334 e. The number of epoxide rings is 1. The van der Waals surface area contributed by atoms with Crippen LogP contribution >= 0.6 is 0 Å². The van der Waals surface area contributed by atoms with Crippen LogP contribution in [-0.4, -0.2) is 72.0 Å². The summed E-state index contributed by atoms with van der Waals surface area (Å²) < 4.78 is 31.7. The predicted molar refractivity (Wildman–Crippen MR) is 144 cm³/mol. The summed E-state index contributed by atoms with van der Waals surface area (Å²) in [7, 11) is 0. The third kappa shape index (κ3) is 3.10. The molecule has 7 rings (SSSR count). The molecular formula is C32H46O8. The van der Waals surface area contributed by atoms with Gasteiger partial charge in [0.2, 0.25) is 0 Å². The van der Waals surface area contributed by atoms with Crippen molar-refractivity contribution < 1.29 is 38.4 Å². The van der Waals surface area contributed by atoms with Gasteiger partial charge >= 0.3 is 5.97 Å². The van der Waals surface area contributed by atoms with E-state index in [1.165, 1.54) is 0 Å². The molecule has 13 atom stereocenters. The molecule has 0 bridgehead atoms. The molecule has 2 saturated heterocycles. The van der Waals surface area contributed by atoms with Crippen LogP contribution in [0.3, 0.4) is 0 Å². The number of Topliss-reactive ketones (excluding diaryl/α,β-unsaturated/α-hetero) is 1. The van der Waals surface area contributed by atoms with E-state index < -0.39 is 28.8 Å².